The molecule has 1 aromatic carbocycles. The van der Waals surface area contributed by atoms with Crippen LogP contribution in [0.5, 0.6) is 0 Å². The number of nitrogens with zero attached hydrogens (tertiary/aromatic N) is 4. The topological polar surface area (TPSA) is 89.4 Å². The Morgan fingerprint density at radius 1 is 1.35 bits per heavy atom. The highest BCUT2D eigenvalue weighted by Crippen LogP contribution is 2.32. The Labute approximate surface area is 188 Å². The number of nitrogens with one attached hydrogen (secondary N) is 1. The van der Waals surface area contributed by atoms with Crippen LogP contribution >= 0.6 is 22.9 Å². The summed E-state index contributed by atoms with van der Waals surface area (Å²) in [6.07, 6.45) is 1.82. The Bertz CT molecular complexity index is 1150. The van der Waals surface area contributed by atoms with Crippen molar-refractivity contribution in [2.24, 2.45) is 0 Å². The summed E-state index contributed by atoms with van der Waals surface area (Å²) < 4.78 is 7.42. The van der Waals surface area contributed by atoms with Crippen molar-refractivity contribution in [1.29, 1.82) is 0 Å². The third-order valence-corrected chi connectivity index (χ3v) is 6.33. The lowest BCUT2D eigenvalue weighted by Gasteiger charge is -2.23. The third-order valence-electron chi connectivity index (χ3n) is 5.11. The monoisotopic (exact) mass is 459 g/mol. The molecule has 0 aliphatic carbocycles. The molecule has 0 spiro atoms. The molecule has 31 heavy (non-hydrogen) atoms. The van der Waals surface area contributed by atoms with Crippen molar-refractivity contribution in [3.05, 3.63) is 47.1 Å². The van der Waals surface area contributed by atoms with Gasteiger partial charge in [0.15, 0.2) is 16.5 Å². The van der Waals surface area contributed by atoms with Gasteiger partial charge in [-0.25, -0.2) is 4.68 Å². The molecule has 1 fully saturated rings. The number of rotatable bonds is 6. The van der Waals surface area contributed by atoms with Crippen LogP contribution in [0.1, 0.15) is 40.6 Å². The number of halogens is 1. The molecule has 10 heteroatoms. The number of aromatic nitrogens is 3. The minimum atomic E-state index is -0.310. The second-order valence-corrected chi connectivity index (χ2v) is 8.81. The lowest BCUT2D eigenvalue weighted by molar-refractivity contribution is 0.0626. The molecule has 162 valence electrons. The van der Waals surface area contributed by atoms with E-state index in [9.17, 15) is 9.59 Å². The summed E-state index contributed by atoms with van der Waals surface area (Å²) in [7, 11) is 1.63. The van der Waals surface area contributed by atoms with E-state index in [4.69, 9.17) is 16.3 Å². The Morgan fingerprint density at radius 3 is 2.77 bits per heavy atom. The molecule has 3 heterocycles. The van der Waals surface area contributed by atoms with E-state index in [1.54, 1.807) is 47.9 Å². The molecule has 8 nitrogen and oxygen atoms in total. The molecule has 0 saturated carbocycles. The van der Waals surface area contributed by atoms with Crippen LogP contribution in [0.2, 0.25) is 5.02 Å². The van der Waals surface area contributed by atoms with Crippen molar-refractivity contribution >= 4 is 55.9 Å². The number of anilines is 1. The normalized spacial score (nSPS) is 16.1. The summed E-state index contributed by atoms with van der Waals surface area (Å²) >= 11 is 7.11. The van der Waals surface area contributed by atoms with Gasteiger partial charge in [0.25, 0.3) is 11.8 Å². The van der Waals surface area contributed by atoms with Gasteiger partial charge in [0.1, 0.15) is 4.70 Å². The standard InChI is InChI=1S/C21H22ClN5O3S/c1-12(2)27-18-17(16(25-27)20(29)26-10-4-5-15(26)11-30-3)31-21(23-18)24-19(28)13-6-8-14(22)9-7-13/h6-9,15H,1,4-5,10-11H2,2-3H3,(H,23,24,28)/t15-/m0/s1. The van der Waals surface area contributed by atoms with Crippen LogP contribution < -0.4 is 5.32 Å². The van der Waals surface area contributed by atoms with E-state index in [1.807, 2.05) is 0 Å². The van der Waals surface area contributed by atoms with Crippen molar-refractivity contribution in [3.8, 4) is 0 Å². The smallest absolute Gasteiger partial charge is 0.276 e. The van der Waals surface area contributed by atoms with E-state index < -0.39 is 0 Å². The molecule has 1 aliphatic rings. The Hall–Kier alpha value is -2.75. The Kier molecular flexibility index (Phi) is 6.08. The summed E-state index contributed by atoms with van der Waals surface area (Å²) in [5, 5.41) is 8.21. The van der Waals surface area contributed by atoms with Crippen LogP contribution in [0.4, 0.5) is 5.13 Å². The number of hydrogen-bond acceptors (Lipinski definition) is 6. The summed E-state index contributed by atoms with van der Waals surface area (Å²) in [6.45, 7) is 6.87. The second-order valence-electron chi connectivity index (χ2n) is 7.38. The van der Waals surface area contributed by atoms with Crippen molar-refractivity contribution in [2.45, 2.75) is 25.8 Å². The van der Waals surface area contributed by atoms with Gasteiger partial charge < -0.3 is 9.64 Å². The average Bonchev–Trinajstić information content (AvgIpc) is 3.43. The minimum absolute atomic E-state index is 0.0273. The highest BCUT2D eigenvalue weighted by molar-refractivity contribution is 7.22. The summed E-state index contributed by atoms with van der Waals surface area (Å²) in [6, 6.07) is 6.60. The van der Waals surface area contributed by atoms with Gasteiger partial charge in [0.05, 0.1) is 12.6 Å². The van der Waals surface area contributed by atoms with Crippen LogP contribution in [-0.2, 0) is 4.74 Å². The first-order valence-electron chi connectivity index (χ1n) is 9.81. The largest absolute Gasteiger partial charge is 0.383 e. The fourth-order valence-corrected chi connectivity index (χ4v) is 4.68. The van der Waals surface area contributed by atoms with Crippen LogP contribution in [0.25, 0.3) is 16.0 Å². The molecule has 3 aromatic rings. The summed E-state index contributed by atoms with van der Waals surface area (Å²) in [5.41, 5.74) is 1.89. The number of amides is 2. The van der Waals surface area contributed by atoms with Crippen molar-refractivity contribution in [3.63, 3.8) is 0 Å². The maximum Gasteiger partial charge on any atom is 0.276 e. The van der Waals surface area contributed by atoms with Crippen LogP contribution in [0.15, 0.2) is 30.8 Å². The quantitative estimate of drug-likeness (QED) is 0.598. The Morgan fingerprint density at radius 2 is 2.10 bits per heavy atom. The molecule has 0 bridgehead atoms. The number of hydrogen-bond donors (Lipinski definition) is 1. The van der Waals surface area contributed by atoms with Crippen molar-refractivity contribution < 1.29 is 14.3 Å². The first kappa shape index (κ1) is 21.5. The highest BCUT2D eigenvalue weighted by atomic mass is 35.5. The molecule has 2 aromatic heterocycles. The van der Waals surface area contributed by atoms with E-state index in [-0.39, 0.29) is 17.9 Å². The van der Waals surface area contributed by atoms with E-state index in [1.165, 1.54) is 11.3 Å². The van der Waals surface area contributed by atoms with Gasteiger partial charge in [-0.15, -0.1) is 0 Å². The number of methoxy groups -OCH3 is 1. The maximum absolute atomic E-state index is 13.3. The van der Waals surface area contributed by atoms with E-state index >= 15 is 0 Å². The van der Waals surface area contributed by atoms with Crippen molar-refractivity contribution in [1.82, 2.24) is 19.7 Å². The molecule has 1 aliphatic heterocycles. The number of carbonyl (C=O) groups excluding carboxylic acids is 2. The van der Waals surface area contributed by atoms with Crippen LogP contribution in [0.3, 0.4) is 0 Å². The van der Waals surface area contributed by atoms with Crippen molar-refractivity contribution in [2.75, 3.05) is 25.6 Å². The van der Waals surface area contributed by atoms with E-state index in [0.717, 1.165) is 12.8 Å². The zero-order valence-electron chi connectivity index (χ0n) is 17.2. The van der Waals surface area contributed by atoms with Gasteiger partial charge in [-0.3, -0.25) is 14.9 Å². The molecular formula is C21H22ClN5O3S. The predicted molar refractivity (Wildman–Crippen MR) is 122 cm³/mol. The zero-order chi connectivity index (χ0) is 22.1. The fraction of sp³-hybridized carbons (Fsp3) is 0.333. The fourth-order valence-electron chi connectivity index (χ4n) is 3.64. The first-order valence-corrected chi connectivity index (χ1v) is 11.0. The molecule has 1 saturated heterocycles. The van der Waals surface area contributed by atoms with Gasteiger partial charge >= 0.3 is 0 Å². The highest BCUT2D eigenvalue weighted by Gasteiger charge is 2.33. The van der Waals surface area contributed by atoms with E-state index in [0.29, 0.717) is 50.6 Å². The van der Waals surface area contributed by atoms with Crippen LogP contribution in [-0.4, -0.2) is 57.8 Å². The van der Waals surface area contributed by atoms with Gasteiger partial charge in [-0.2, -0.15) is 10.1 Å². The number of likely N-dealkylation sites (tertiary alicyclic amines) is 1. The number of allylic oxidation sites excluding steroid dienone is 1. The van der Waals surface area contributed by atoms with Gasteiger partial charge in [0, 0.05) is 29.9 Å². The summed E-state index contributed by atoms with van der Waals surface area (Å²) in [5.74, 6) is -0.473. The number of thiazole rings is 1. The molecule has 0 radical (unpaired) electrons. The maximum atomic E-state index is 13.3. The lowest BCUT2D eigenvalue weighted by Crippen LogP contribution is -2.38. The summed E-state index contributed by atoms with van der Waals surface area (Å²) in [4.78, 5) is 32.2. The van der Waals surface area contributed by atoms with Crippen LogP contribution in [0, 0.1) is 0 Å². The third kappa shape index (κ3) is 4.21. The second kappa shape index (κ2) is 8.78. The zero-order valence-corrected chi connectivity index (χ0v) is 18.8. The van der Waals surface area contributed by atoms with Gasteiger partial charge in [-0.1, -0.05) is 29.5 Å². The number of fused-ring (bicyclic) bond motifs is 1. The molecule has 4 rings (SSSR count). The number of ether oxygens (including phenoxy) is 1. The first-order chi connectivity index (χ1) is 14.9. The average molecular weight is 460 g/mol. The molecule has 2 amide bonds. The number of carbonyl (C=O) groups is 2. The Balaban J connectivity index is 1.66. The van der Waals surface area contributed by atoms with Gasteiger partial charge in [0.2, 0.25) is 0 Å². The molecule has 1 N–H and O–H groups in total. The lowest BCUT2D eigenvalue weighted by atomic mass is 10.2. The van der Waals surface area contributed by atoms with Gasteiger partial charge in [-0.05, 0) is 44.0 Å². The number of benzene rings is 1. The molecular weight excluding hydrogens is 438 g/mol. The SMILES string of the molecule is C=C(C)n1nc(C(=O)N2CCC[C@H]2COC)c2sc(NC(=O)c3ccc(Cl)cc3)nc21. The molecule has 1 atom stereocenters. The predicted octanol–water partition coefficient (Wildman–Crippen LogP) is 4.14. The van der Waals surface area contributed by atoms with E-state index in [2.05, 4.69) is 22.0 Å². The minimum Gasteiger partial charge on any atom is -0.383 e. The molecule has 0 unspecified atom stereocenters.